The molecule has 2 aliphatic rings. The van der Waals surface area contributed by atoms with E-state index in [0.717, 1.165) is 24.2 Å². The van der Waals surface area contributed by atoms with E-state index in [0.29, 0.717) is 12.0 Å². The molecule has 0 aromatic carbocycles. The maximum atomic E-state index is 11.6. The number of carboxylic acid groups (broad SMARTS) is 1. The molecule has 2 fully saturated rings. The van der Waals surface area contributed by atoms with Crippen LogP contribution >= 0.6 is 0 Å². The Hall–Kier alpha value is -1.58. The van der Waals surface area contributed by atoms with Gasteiger partial charge in [-0.05, 0) is 44.2 Å². The Bertz CT molecular complexity index is 489. The SMILES string of the molecule is Cc1cc(N2C(C(=O)O)CC3CCCCC32)ccn1. The molecule has 0 bridgehead atoms. The van der Waals surface area contributed by atoms with Gasteiger partial charge in [0.25, 0.3) is 0 Å². The van der Waals surface area contributed by atoms with Crippen molar-refractivity contribution in [2.24, 2.45) is 5.92 Å². The minimum Gasteiger partial charge on any atom is -0.480 e. The first-order chi connectivity index (χ1) is 9.16. The van der Waals surface area contributed by atoms with Crippen molar-refractivity contribution in [3.63, 3.8) is 0 Å². The molecule has 3 atom stereocenters. The third-order valence-electron chi connectivity index (χ3n) is 4.55. The number of fused-ring (bicyclic) bond motifs is 1. The topological polar surface area (TPSA) is 53.4 Å². The Morgan fingerprint density at radius 3 is 2.95 bits per heavy atom. The van der Waals surface area contributed by atoms with Gasteiger partial charge in [0, 0.05) is 23.6 Å². The van der Waals surface area contributed by atoms with E-state index in [1.807, 2.05) is 19.1 Å². The highest BCUT2D eigenvalue weighted by molar-refractivity contribution is 5.79. The number of rotatable bonds is 2. The fourth-order valence-corrected chi connectivity index (χ4v) is 3.74. The van der Waals surface area contributed by atoms with Gasteiger partial charge in [0.05, 0.1) is 0 Å². The lowest BCUT2D eigenvalue weighted by Gasteiger charge is -2.34. The van der Waals surface area contributed by atoms with Crippen LogP contribution in [0.25, 0.3) is 0 Å². The fraction of sp³-hybridized carbons (Fsp3) is 0.600. The van der Waals surface area contributed by atoms with Crippen molar-refractivity contribution in [3.05, 3.63) is 24.0 Å². The summed E-state index contributed by atoms with van der Waals surface area (Å²) in [5, 5.41) is 9.50. The van der Waals surface area contributed by atoms with E-state index in [-0.39, 0.29) is 6.04 Å². The van der Waals surface area contributed by atoms with E-state index in [1.54, 1.807) is 6.20 Å². The smallest absolute Gasteiger partial charge is 0.326 e. The van der Waals surface area contributed by atoms with Crippen molar-refractivity contribution in [3.8, 4) is 0 Å². The molecule has 1 aliphatic heterocycles. The average molecular weight is 260 g/mol. The van der Waals surface area contributed by atoms with E-state index in [4.69, 9.17) is 0 Å². The largest absolute Gasteiger partial charge is 0.480 e. The van der Waals surface area contributed by atoms with Gasteiger partial charge < -0.3 is 10.0 Å². The van der Waals surface area contributed by atoms with Crippen LogP contribution in [0.15, 0.2) is 18.3 Å². The van der Waals surface area contributed by atoms with Crippen LogP contribution in [0.5, 0.6) is 0 Å². The first kappa shape index (κ1) is 12.5. The second-order valence-corrected chi connectivity index (χ2v) is 5.76. The molecular weight excluding hydrogens is 240 g/mol. The van der Waals surface area contributed by atoms with E-state index < -0.39 is 5.97 Å². The maximum absolute atomic E-state index is 11.6. The van der Waals surface area contributed by atoms with Crippen molar-refractivity contribution >= 4 is 11.7 Å². The lowest BCUT2D eigenvalue weighted by Crippen LogP contribution is -2.42. The molecule has 1 aromatic rings. The van der Waals surface area contributed by atoms with Crippen molar-refractivity contribution in [2.75, 3.05) is 4.90 Å². The predicted molar refractivity (Wildman–Crippen MR) is 73.2 cm³/mol. The van der Waals surface area contributed by atoms with Crippen LogP contribution in [0.3, 0.4) is 0 Å². The van der Waals surface area contributed by atoms with Gasteiger partial charge >= 0.3 is 5.97 Å². The second-order valence-electron chi connectivity index (χ2n) is 5.76. The quantitative estimate of drug-likeness (QED) is 0.888. The zero-order valence-electron chi connectivity index (χ0n) is 11.2. The molecule has 1 N–H and O–H groups in total. The average Bonchev–Trinajstić information content (AvgIpc) is 2.78. The molecule has 4 nitrogen and oxygen atoms in total. The zero-order chi connectivity index (χ0) is 13.4. The Balaban J connectivity index is 1.96. The first-order valence-corrected chi connectivity index (χ1v) is 7.10. The van der Waals surface area contributed by atoms with E-state index in [9.17, 15) is 9.90 Å². The number of nitrogens with zero attached hydrogens (tertiary/aromatic N) is 2. The molecule has 1 saturated carbocycles. The molecule has 1 aliphatic carbocycles. The van der Waals surface area contributed by atoms with Crippen molar-refractivity contribution in [2.45, 2.75) is 51.1 Å². The first-order valence-electron chi connectivity index (χ1n) is 7.10. The van der Waals surface area contributed by atoms with E-state index >= 15 is 0 Å². The molecular formula is C15H20N2O2. The molecule has 3 rings (SSSR count). The summed E-state index contributed by atoms with van der Waals surface area (Å²) in [6.07, 6.45) is 7.33. The Morgan fingerprint density at radius 1 is 1.42 bits per heavy atom. The van der Waals surface area contributed by atoms with Gasteiger partial charge in [-0.25, -0.2) is 4.79 Å². The molecule has 2 heterocycles. The summed E-state index contributed by atoms with van der Waals surface area (Å²) in [5.41, 5.74) is 1.97. The monoisotopic (exact) mass is 260 g/mol. The van der Waals surface area contributed by atoms with Crippen LogP contribution in [0.1, 0.15) is 37.8 Å². The van der Waals surface area contributed by atoms with Crippen LogP contribution in [-0.4, -0.2) is 28.1 Å². The number of aliphatic carboxylic acids is 1. The molecule has 1 saturated heterocycles. The van der Waals surface area contributed by atoms with Gasteiger partial charge in [0.1, 0.15) is 6.04 Å². The Labute approximate surface area is 113 Å². The maximum Gasteiger partial charge on any atom is 0.326 e. The summed E-state index contributed by atoms with van der Waals surface area (Å²) >= 11 is 0. The highest BCUT2D eigenvalue weighted by Crippen LogP contribution is 2.42. The normalized spacial score (nSPS) is 30.2. The van der Waals surface area contributed by atoms with Gasteiger partial charge in [-0.3, -0.25) is 4.98 Å². The van der Waals surface area contributed by atoms with Crippen molar-refractivity contribution < 1.29 is 9.90 Å². The summed E-state index contributed by atoms with van der Waals surface area (Å²) < 4.78 is 0. The summed E-state index contributed by atoms with van der Waals surface area (Å²) in [4.78, 5) is 17.9. The number of carbonyl (C=O) groups is 1. The number of anilines is 1. The number of aryl methyl sites for hydroxylation is 1. The van der Waals surface area contributed by atoms with E-state index in [2.05, 4.69) is 9.88 Å². The molecule has 0 spiro atoms. The molecule has 3 unspecified atom stereocenters. The van der Waals surface area contributed by atoms with Crippen LogP contribution in [-0.2, 0) is 4.79 Å². The van der Waals surface area contributed by atoms with Gasteiger partial charge in [-0.1, -0.05) is 12.8 Å². The molecule has 102 valence electrons. The van der Waals surface area contributed by atoms with Crippen LogP contribution in [0, 0.1) is 12.8 Å². The summed E-state index contributed by atoms with van der Waals surface area (Å²) in [5.74, 6) is -0.146. The number of hydrogen-bond donors (Lipinski definition) is 1. The van der Waals surface area contributed by atoms with Gasteiger partial charge in [-0.2, -0.15) is 0 Å². The zero-order valence-corrected chi connectivity index (χ0v) is 11.2. The van der Waals surface area contributed by atoms with E-state index in [1.165, 1.54) is 19.3 Å². The number of carboxylic acids is 1. The number of hydrogen-bond acceptors (Lipinski definition) is 3. The molecule has 1 aromatic heterocycles. The van der Waals surface area contributed by atoms with Crippen molar-refractivity contribution in [1.82, 2.24) is 4.98 Å². The third-order valence-corrected chi connectivity index (χ3v) is 4.55. The highest BCUT2D eigenvalue weighted by atomic mass is 16.4. The summed E-state index contributed by atoms with van der Waals surface area (Å²) in [7, 11) is 0. The van der Waals surface area contributed by atoms with Crippen molar-refractivity contribution in [1.29, 1.82) is 0 Å². The minimum atomic E-state index is -0.691. The van der Waals surface area contributed by atoms with Gasteiger partial charge in [0.2, 0.25) is 0 Å². The summed E-state index contributed by atoms with van der Waals surface area (Å²) in [6.45, 7) is 1.95. The lowest BCUT2D eigenvalue weighted by molar-refractivity contribution is -0.138. The van der Waals surface area contributed by atoms with Gasteiger partial charge in [0.15, 0.2) is 0 Å². The minimum absolute atomic E-state index is 0.366. The number of aromatic nitrogens is 1. The van der Waals surface area contributed by atoms with Crippen LogP contribution in [0.2, 0.25) is 0 Å². The Morgan fingerprint density at radius 2 is 2.21 bits per heavy atom. The highest BCUT2D eigenvalue weighted by Gasteiger charge is 2.45. The van der Waals surface area contributed by atoms with Crippen LogP contribution in [0.4, 0.5) is 5.69 Å². The van der Waals surface area contributed by atoms with Gasteiger partial charge in [-0.15, -0.1) is 0 Å². The standard InChI is InChI=1S/C15H20N2O2/c1-10-8-12(6-7-16-10)17-13-5-3-2-4-11(13)9-14(17)15(18)19/h6-8,11,13-14H,2-5,9H2,1H3,(H,18,19). The molecule has 0 radical (unpaired) electrons. The Kier molecular flexibility index (Phi) is 3.17. The van der Waals surface area contributed by atoms with Crippen LogP contribution < -0.4 is 4.90 Å². The third kappa shape index (κ3) is 2.20. The lowest BCUT2D eigenvalue weighted by atomic mass is 9.84. The predicted octanol–water partition coefficient (Wildman–Crippen LogP) is 2.61. The number of pyridine rings is 1. The molecule has 4 heteroatoms. The fourth-order valence-electron chi connectivity index (χ4n) is 3.74. The molecule has 19 heavy (non-hydrogen) atoms. The summed E-state index contributed by atoms with van der Waals surface area (Å²) in [6, 6.07) is 3.99. The molecule has 0 amide bonds. The second kappa shape index (κ2) is 4.83.